The molecule has 0 heterocycles. The van der Waals surface area contributed by atoms with Crippen molar-refractivity contribution in [2.24, 2.45) is 0 Å². The van der Waals surface area contributed by atoms with Gasteiger partial charge in [-0.15, -0.1) is 0 Å². The largest absolute Gasteiger partial charge is 0.306 e. The summed E-state index contributed by atoms with van der Waals surface area (Å²) in [6.45, 7) is 2.46. The first-order chi connectivity index (χ1) is 9.04. The normalized spacial score (nSPS) is 12.4. The van der Waals surface area contributed by atoms with E-state index in [4.69, 9.17) is 11.6 Å². The summed E-state index contributed by atoms with van der Waals surface area (Å²) in [5.74, 6) is -0.605. The zero-order valence-corrected chi connectivity index (χ0v) is 11.2. The Bertz CT molecular complexity index is 534. The zero-order chi connectivity index (χ0) is 13.8. The Kier molecular flexibility index (Phi) is 4.51. The highest BCUT2D eigenvalue weighted by Gasteiger charge is 2.06. The predicted molar refractivity (Wildman–Crippen MR) is 73.1 cm³/mol. The van der Waals surface area contributed by atoms with Gasteiger partial charge < -0.3 is 5.32 Å². The molecule has 4 heteroatoms. The summed E-state index contributed by atoms with van der Waals surface area (Å²) >= 11 is 5.79. The number of hydrogen-bond donors (Lipinski definition) is 1. The maximum Gasteiger partial charge on any atom is 0.125 e. The molecule has 0 saturated carbocycles. The van der Waals surface area contributed by atoms with Crippen LogP contribution in [-0.2, 0) is 6.54 Å². The third kappa shape index (κ3) is 4.01. The topological polar surface area (TPSA) is 12.0 Å². The molecule has 0 unspecified atom stereocenters. The van der Waals surface area contributed by atoms with Crippen molar-refractivity contribution in [3.63, 3.8) is 0 Å². The van der Waals surface area contributed by atoms with Gasteiger partial charge in [0.25, 0.3) is 0 Å². The lowest BCUT2D eigenvalue weighted by Crippen LogP contribution is -2.18. The van der Waals surface area contributed by atoms with E-state index in [2.05, 4.69) is 5.32 Å². The Labute approximate surface area is 116 Å². The molecule has 0 fully saturated rings. The molecule has 2 aromatic rings. The summed E-state index contributed by atoms with van der Waals surface area (Å²) in [5, 5.41) is 3.62. The molecule has 0 aliphatic carbocycles. The molecular weight excluding hydrogens is 268 g/mol. The second-order valence-electron chi connectivity index (χ2n) is 4.43. The summed E-state index contributed by atoms with van der Waals surface area (Å²) < 4.78 is 26.0. The summed E-state index contributed by atoms with van der Waals surface area (Å²) in [4.78, 5) is 0. The van der Waals surface area contributed by atoms with Crippen molar-refractivity contribution in [2.45, 2.75) is 19.5 Å². The number of hydrogen-bond acceptors (Lipinski definition) is 1. The van der Waals surface area contributed by atoms with Crippen LogP contribution in [0.4, 0.5) is 8.78 Å². The molecular formula is C15H14ClF2N. The number of halogens is 3. The van der Waals surface area contributed by atoms with Crippen molar-refractivity contribution >= 4 is 11.6 Å². The van der Waals surface area contributed by atoms with Gasteiger partial charge in [-0.25, -0.2) is 8.78 Å². The SMILES string of the molecule is C[C@@H](NCc1cc(F)cc(Cl)c1)c1ccc(F)cc1. The first kappa shape index (κ1) is 14.0. The molecule has 100 valence electrons. The fourth-order valence-electron chi connectivity index (χ4n) is 1.85. The summed E-state index contributed by atoms with van der Waals surface area (Å²) in [7, 11) is 0. The van der Waals surface area contributed by atoms with Crippen molar-refractivity contribution in [1.29, 1.82) is 0 Å². The van der Waals surface area contributed by atoms with E-state index in [0.717, 1.165) is 11.1 Å². The summed E-state index contributed by atoms with van der Waals surface area (Å²) in [6.07, 6.45) is 0. The maximum absolute atomic E-state index is 13.2. The lowest BCUT2D eigenvalue weighted by Gasteiger charge is -2.14. The standard InChI is InChI=1S/C15H14ClF2N/c1-10(12-2-4-14(17)5-3-12)19-9-11-6-13(16)8-15(18)7-11/h2-8,10,19H,9H2,1H3/t10-/m1/s1. The zero-order valence-electron chi connectivity index (χ0n) is 10.5. The molecule has 0 amide bonds. The lowest BCUT2D eigenvalue weighted by atomic mass is 10.1. The van der Waals surface area contributed by atoms with Gasteiger partial charge in [-0.3, -0.25) is 0 Å². The fraction of sp³-hybridized carbons (Fsp3) is 0.200. The first-order valence-corrected chi connectivity index (χ1v) is 6.36. The van der Waals surface area contributed by atoms with E-state index in [-0.39, 0.29) is 17.7 Å². The van der Waals surface area contributed by atoms with Crippen LogP contribution < -0.4 is 5.32 Å². The van der Waals surface area contributed by atoms with E-state index in [9.17, 15) is 8.78 Å². The van der Waals surface area contributed by atoms with E-state index in [1.54, 1.807) is 18.2 Å². The Hall–Kier alpha value is -1.45. The quantitative estimate of drug-likeness (QED) is 0.872. The average Bonchev–Trinajstić information content (AvgIpc) is 2.36. The van der Waals surface area contributed by atoms with Gasteiger partial charge in [0.1, 0.15) is 11.6 Å². The van der Waals surface area contributed by atoms with Crippen LogP contribution in [0.15, 0.2) is 42.5 Å². The lowest BCUT2D eigenvalue weighted by molar-refractivity contribution is 0.566. The Morgan fingerprint density at radius 3 is 2.37 bits per heavy atom. The van der Waals surface area contributed by atoms with E-state index < -0.39 is 0 Å². The molecule has 0 bridgehead atoms. The highest BCUT2D eigenvalue weighted by atomic mass is 35.5. The Morgan fingerprint density at radius 2 is 1.74 bits per heavy atom. The second kappa shape index (κ2) is 6.13. The van der Waals surface area contributed by atoms with Crippen LogP contribution in [0.2, 0.25) is 5.02 Å². The minimum atomic E-state index is -0.348. The molecule has 0 radical (unpaired) electrons. The maximum atomic E-state index is 13.2. The van der Waals surface area contributed by atoms with Crippen LogP contribution in [-0.4, -0.2) is 0 Å². The van der Waals surface area contributed by atoms with Crippen LogP contribution in [0.25, 0.3) is 0 Å². The fourth-order valence-corrected chi connectivity index (χ4v) is 2.10. The first-order valence-electron chi connectivity index (χ1n) is 5.98. The van der Waals surface area contributed by atoms with Crippen LogP contribution in [0.3, 0.4) is 0 Å². The second-order valence-corrected chi connectivity index (χ2v) is 4.87. The van der Waals surface area contributed by atoms with Crippen LogP contribution >= 0.6 is 11.6 Å². The number of benzene rings is 2. The van der Waals surface area contributed by atoms with Gasteiger partial charge in [0.05, 0.1) is 0 Å². The third-order valence-corrected chi connectivity index (χ3v) is 3.12. The molecule has 2 rings (SSSR count). The average molecular weight is 282 g/mol. The van der Waals surface area contributed by atoms with Crippen LogP contribution in [0.1, 0.15) is 24.1 Å². The van der Waals surface area contributed by atoms with Gasteiger partial charge in [-0.1, -0.05) is 23.7 Å². The van der Waals surface area contributed by atoms with E-state index in [0.29, 0.717) is 11.6 Å². The van der Waals surface area contributed by atoms with Crippen molar-refractivity contribution in [2.75, 3.05) is 0 Å². The molecule has 1 atom stereocenters. The van der Waals surface area contributed by atoms with Gasteiger partial charge in [0.2, 0.25) is 0 Å². The molecule has 0 aliphatic rings. The highest BCUT2D eigenvalue weighted by molar-refractivity contribution is 6.30. The van der Waals surface area contributed by atoms with Gasteiger partial charge in [-0.05, 0) is 48.4 Å². The van der Waals surface area contributed by atoms with Gasteiger partial charge in [0.15, 0.2) is 0 Å². The Morgan fingerprint density at radius 1 is 1.05 bits per heavy atom. The molecule has 2 aromatic carbocycles. The monoisotopic (exact) mass is 281 g/mol. The Balaban J connectivity index is 1.99. The summed E-state index contributed by atoms with van der Waals surface area (Å²) in [5.41, 5.74) is 1.75. The van der Waals surface area contributed by atoms with E-state index >= 15 is 0 Å². The van der Waals surface area contributed by atoms with E-state index in [1.807, 2.05) is 6.92 Å². The van der Waals surface area contributed by atoms with Crippen molar-refractivity contribution < 1.29 is 8.78 Å². The van der Waals surface area contributed by atoms with E-state index in [1.165, 1.54) is 24.3 Å². The van der Waals surface area contributed by atoms with Crippen molar-refractivity contribution in [3.8, 4) is 0 Å². The minimum absolute atomic E-state index is 0.0441. The van der Waals surface area contributed by atoms with Gasteiger partial charge in [-0.2, -0.15) is 0 Å². The van der Waals surface area contributed by atoms with Crippen molar-refractivity contribution in [3.05, 3.63) is 70.2 Å². The molecule has 0 spiro atoms. The molecule has 0 aliphatic heterocycles. The van der Waals surface area contributed by atoms with Gasteiger partial charge in [0, 0.05) is 17.6 Å². The third-order valence-electron chi connectivity index (χ3n) is 2.90. The predicted octanol–water partition coefficient (Wildman–Crippen LogP) is 4.47. The molecule has 1 nitrogen and oxygen atoms in total. The number of nitrogens with one attached hydrogen (secondary N) is 1. The highest BCUT2D eigenvalue weighted by Crippen LogP contribution is 2.16. The van der Waals surface area contributed by atoms with Crippen molar-refractivity contribution in [1.82, 2.24) is 5.32 Å². The smallest absolute Gasteiger partial charge is 0.125 e. The minimum Gasteiger partial charge on any atom is -0.306 e. The summed E-state index contributed by atoms with van der Waals surface area (Å²) in [6, 6.07) is 10.8. The van der Waals surface area contributed by atoms with Crippen LogP contribution in [0.5, 0.6) is 0 Å². The molecule has 19 heavy (non-hydrogen) atoms. The number of rotatable bonds is 4. The molecule has 0 saturated heterocycles. The van der Waals surface area contributed by atoms with Crippen LogP contribution in [0, 0.1) is 11.6 Å². The molecule has 0 aromatic heterocycles. The molecule has 1 N–H and O–H groups in total. The van der Waals surface area contributed by atoms with Gasteiger partial charge >= 0.3 is 0 Å².